The van der Waals surface area contributed by atoms with Crippen LogP contribution >= 0.6 is 0 Å². The number of benzene rings is 2. The molecule has 3 aromatic heterocycles. The summed E-state index contributed by atoms with van der Waals surface area (Å²) < 4.78 is 0. The first-order valence-electron chi connectivity index (χ1n) is 10.2. The van der Waals surface area contributed by atoms with Gasteiger partial charge in [0, 0.05) is 16.5 Å². The maximum atomic E-state index is 12.7. The van der Waals surface area contributed by atoms with Crippen LogP contribution in [0.4, 0.5) is 5.82 Å². The van der Waals surface area contributed by atoms with Crippen LogP contribution in [0.3, 0.4) is 0 Å². The number of carbonyl (C=O) groups excluding carboxylic acids is 1. The summed E-state index contributed by atoms with van der Waals surface area (Å²) in [5.41, 5.74) is 3.75. The van der Waals surface area contributed by atoms with Crippen molar-refractivity contribution in [2.45, 2.75) is 13.3 Å². The zero-order valence-electron chi connectivity index (χ0n) is 17.3. The number of nitrogens with zero attached hydrogens (tertiary/aromatic N) is 3. The van der Waals surface area contributed by atoms with Gasteiger partial charge in [0.1, 0.15) is 5.82 Å². The molecule has 2 N–H and O–H groups in total. The Kier molecular flexibility index (Phi) is 4.91. The van der Waals surface area contributed by atoms with Gasteiger partial charge in [0.2, 0.25) is 5.91 Å². The summed E-state index contributed by atoms with van der Waals surface area (Å²) in [6.07, 6.45) is 0.00746. The molecule has 3 heterocycles. The summed E-state index contributed by atoms with van der Waals surface area (Å²) >= 11 is 0. The number of amides is 1. The first-order valence-corrected chi connectivity index (χ1v) is 10.2. The molecule has 1 amide bonds. The van der Waals surface area contributed by atoms with E-state index >= 15 is 0 Å². The van der Waals surface area contributed by atoms with E-state index in [0.717, 1.165) is 22.2 Å². The van der Waals surface area contributed by atoms with E-state index in [1.54, 1.807) is 24.3 Å². The summed E-state index contributed by atoms with van der Waals surface area (Å²) in [5.74, 6) is 0.130. The summed E-state index contributed by atoms with van der Waals surface area (Å²) in [7, 11) is 0. The van der Waals surface area contributed by atoms with Gasteiger partial charge < -0.3 is 5.32 Å². The lowest BCUT2D eigenvalue weighted by atomic mass is 10.0. The predicted octanol–water partition coefficient (Wildman–Crippen LogP) is 4.02. The number of hydrogen-bond acceptors (Lipinski definition) is 5. The maximum Gasteiger partial charge on any atom is 0.272 e. The second-order valence-electron chi connectivity index (χ2n) is 7.51. The van der Waals surface area contributed by atoms with Gasteiger partial charge in [0.15, 0.2) is 5.65 Å². The maximum absolute atomic E-state index is 12.7. The van der Waals surface area contributed by atoms with Gasteiger partial charge >= 0.3 is 0 Å². The van der Waals surface area contributed by atoms with E-state index in [9.17, 15) is 9.59 Å². The molecule has 0 aliphatic heterocycles. The van der Waals surface area contributed by atoms with Crippen molar-refractivity contribution < 1.29 is 4.79 Å². The van der Waals surface area contributed by atoms with Gasteiger partial charge in [-0.05, 0) is 42.3 Å². The second kappa shape index (κ2) is 8.03. The molecule has 7 heteroatoms. The normalized spacial score (nSPS) is 11.0. The molecule has 0 spiro atoms. The Balaban J connectivity index is 1.44. The fraction of sp³-hybridized carbons (Fsp3) is 0.0800. The van der Waals surface area contributed by atoms with Crippen molar-refractivity contribution in [1.82, 2.24) is 20.2 Å². The van der Waals surface area contributed by atoms with Crippen LogP contribution in [0.15, 0.2) is 77.6 Å². The van der Waals surface area contributed by atoms with Crippen LogP contribution in [-0.2, 0) is 11.2 Å². The minimum atomic E-state index is -0.281. The van der Waals surface area contributed by atoms with Crippen molar-refractivity contribution in [1.29, 1.82) is 0 Å². The lowest BCUT2D eigenvalue weighted by Gasteiger charge is -2.10. The van der Waals surface area contributed by atoms with E-state index in [1.807, 2.05) is 55.5 Å². The molecule has 5 rings (SSSR count). The zero-order chi connectivity index (χ0) is 22.1. The van der Waals surface area contributed by atoms with Gasteiger partial charge in [-0.1, -0.05) is 48.5 Å². The van der Waals surface area contributed by atoms with Gasteiger partial charge in [-0.15, -0.1) is 0 Å². The molecule has 0 radical (unpaired) electrons. The first kappa shape index (κ1) is 19.6. The van der Waals surface area contributed by atoms with E-state index in [0.29, 0.717) is 27.9 Å². The Hall–Kier alpha value is -4.39. The Labute approximate surface area is 183 Å². The van der Waals surface area contributed by atoms with E-state index in [2.05, 4.69) is 25.5 Å². The topological polar surface area (TPSA) is 101 Å². The van der Waals surface area contributed by atoms with Crippen molar-refractivity contribution in [3.05, 3.63) is 94.5 Å². The highest BCUT2D eigenvalue weighted by Gasteiger charge is 2.13. The molecule has 7 nitrogen and oxygen atoms in total. The van der Waals surface area contributed by atoms with Crippen LogP contribution in [0.5, 0.6) is 0 Å². The molecule has 0 aliphatic carbocycles. The van der Waals surface area contributed by atoms with Crippen LogP contribution < -0.4 is 10.9 Å². The number of nitrogens with one attached hydrogen (secondary N) is 2. The number of rotatable bonds is 4. The minimum absolute atomic E-state index is 0.00746. The molecular weight excluding hydrogens is 402 g/mol. The summed E-state index contributed by atoms with van der Waals surface area (Å²) in [4.78, 5) is 33.8. The number of aromatic amines is 1. The number of aryl methyl sites for hydroxylation is 1. The zero-order valence-corrected chi connectivity index (χ0v) is 17.3. The summed E-state index contributed by atoms with van der Waals surface area (Å²) in [6.45, 7) is 1.92. The largest absolute Gasteiger partial charge is 0.310 e. The third-order valence-electron chi connectivity index (χ3n) is 5.26. The molecular formula is C25H19N5O2. The fourth-order valence-electron chi connectivity index (χ4n) is 3.80. The van der Waals surface area contributed by atoms with Crippen molar-refractivity contribution in [3.8, 4) is 11.1 Å². The molecule has 156 valence electrons. The molecule has 0 aliphatic rings. The molecule has 0 saturated carbocycles. The van der Waals surface area contributed by atoms with Crippen LogP contribution in [0.25, 0.3) is 32.9 Å². The van der Waals surface area contributed by atoms with Crippen molar-refractivity contribution in [3.63, 3.8) is 0 Å². The quantitative estimate of drug-likeness (QED) is 0.456. The fourth-order valence-corrected chi connectivity index (χ4v) is 3.80. The number of anilines is 1. The molecule has 2 aromatic carbocycles. The van der Waals surface area contributed by atoms with Crippen molar-refractivity contribution in [2.75, 3.05) is 5.32 Å². The average molecular weight is 421 g/mol. The third-order valence-corrected chi connectivity index (χ3v) is 5.26. The Bertz CT molecular complexity index is 1530. The lowest BCUT2D eigenvalue weighted by Crippen LogP contribution is -2.19. The monoisotopic (exact) mass is 421 g/mol. The molecule has 0 atom stereocenters. The van der Waals surface area contributed by atoms with Crippen LogP contribution in [0.1, 0.15) is 11.4 Å². The number of carbonyl (C=O) groups is 1. The van der Waals surface area contributed by atoms with E-state index in [4.69, 9.17) is 0 Å². The minimum Gasteiger partial charge on any atom is -0.310 e. The molecule has 0 saturated heterocycles. The second-order valence-corrected chi connectivity index (χ2v) is 7.51. The lowest BCUT2D eigenvalue weighted by molar-refractivity contribution is -0.115. The Morgan fingerprint density at radius 2 is 1.66 bits per heavy atom. The number of pyridine rings is 2. The smallest absolute Gasteiger partial charge is 0.272 e. The van der Waals surface area contributed by atoms with Crippen LogP contribution in [-0.4, -0.2) is 26.1 Å². The number of hydrogen-bond donors (Lipinski definition) is 2. The van der Waals surface area contributed by atoms with Gasteiger partial charge in [0.05, 0.1) is 17.5 Å². The van der Waals surface area contributed by atoms with Crippen molar-refractivity contribution in [2.24, 2.45) is 0 Å². The number of H-pyrrole nitrogens is 1. The van der Waals surface area contributed by atoms with E-state index in [-0.39, 0.29) is 17.9 Å². The van der Waals surface area contributed by atoms with Crippen molar-refractivity contribution >= 4 is 33.5 Å². The molecule has 32 heavy (non-hydrogen) atoms. The van der Waals surface area contributed by atoms with E-state index < -0.39 is 0 Å². The number of fused-ring (bicyclic) bond motifs is 2. The highest BCUT2D eigenvalue weighted by molar-refractivity contribution is 5.97. The Morgan fingerprint density at radius 1 is 0.906 bits per heavy atom. The van der Waals surface area contributed by atoms with Gasteiger partial charge in [0.25, 0.3) is 5.56 Å². The molecule has 0 bridgehead atoms. The number of aromatic nitrogens is 4. The van der Waals surface area contributed by atoms with Gasteiger partial charge in [-0.3, -0.25) is 9.59 Å². The third kappa shape index (κ3) is 3.72. The summed E-state index contributed by atoms with van der Waals surface area (Å²) in [6, 6.07) is 22.9. The molecule has 5 aromatic rings. The van der Waals surface area contributed by atoms with Crippen LogP contribution in [0.2, 0.25) is 0 Å². The standard InChI is InChI=1S/C25H19N5O2/c1-15-13-20(16-7-3-2-4-8-16)18-11-12-22(28-24(18)26-15)27-23(31)14-21-17-9-5-6-10-19(17)25(32)30-29-21/h2-13H,14H2,1H3,(H,30,32)(H,26,27,28,31). The molecule has 0 unspecified atom stereocenters. The predicted molar refractivity (Wildman–Crippen MR) is 124 cm³/mol. The highest BCUT2D eigenvalue weighted by atomic mass is 16.1. The molecule has 0 fully saturated rings. The first-order chi connectivity index (χ1) is 15.6. The SMILES string of the molecule is Cc1cc(-c2ccccc2)c2ccc(NC(=O)Cc3n[nH]c(=O)c4ccccc34)nc2n1. The average Bonchev–Trinajstić information content (AvgIpc) is 2.81. The van der Waals surface area contributed by atoms with Crippen LogP contribution in [0, 0.1) is 6.92 Å². The summed E-state index contributed by atoms with van der Waals surface area (Å²) in [5, 5.41) is 11.4. The van der Waals surface area contributed by atoms with Gasteiger partial charge in [-0.25, -0.2) is 15.1 Å². The highest BCUT2D eigenvalue weighted by Crippen LogP contribution is 2.28. The van der Waals surface area contributed by atoms with Gasteiger partial charge in [-0.2, -0.15) is 5.10 Å². The Morgan fingerprint density at radius 3 is 2.47 bits per heavy atom. The van der Waals surface area contributed by atoms with E-state index in [1.165, 1.54) is 0 Å².